The average Bonchev–Trinajstić information content (AvgIpc) is 2.66. The minimum absolute atomic E-state index is 0.179. The van der Waals surface area contributed by atoms with Gasteiger partial charge in [0.15, 0.2) is 0 Å². The molecule has 1 unspecified atom stereocenters. The zero-order valence-corrected chi connectivity index (χ0v) is 17.0. The Bertz CT molecular complexity index is 1190. The van der Waals surface area contributed by atoms with E-state index in [1.165, 1.54) is 21.7 Å². The van der Waals surface area contributed by atoms with Crippen LogP contribution in [-0.4, -0.2) is 32.4 Å². The largest absolute Gasteiger partial charge is 0.335 e. The molecule has 0 fully saturated rings. The summed E-state index contributed by atoms with van der Waals surface area (Å²) in [6.07, 6.45) is 1.36. The van der Waals surface area contributed by atoms with Crippen LogP contribution in [0.25, 0.3) is 11.0 Å². The van der Waals surface area contributed by atoms with Gasteiger partial charge in [-0.3, -0.25) is 19.1 Å². The molecule has 1 atom stereocenters. The number of amides is 1. The van der Waals surface area contributed by atoms with E-state index in [1.807, 2.05) is 6.92 Å². The summed E-state index contributed by atoms with van der Waals surface area (Å²) < 4.78 is 1.34. The van der Waals surface area contributed by atoms with Gasteiger partial charge in [0.05, 0.1) is 17.0 Å². The Kier molecular flexibility index (Phi) is 5.58. The number of H-pyrrole nitrogens is 1. The second kappa shape index (κ2) is 7.77. The first-order valence-corrected chi connectivity index (χ1v) is 9.35. The van der Waals surface area contributed by atoms with Crippen LogP contribution in [0.5, 0.6) is 0 Å². The monoisotopic (exact) mass is 420 g/mol. The number of nitrogens with one attached hydrogen (secondary N) is 1. The Hall–Kier alpha value is -2.64. The number of rotatable bonds is 4. The van der Waals surface area contributed by atoms with Crippen LogP contribution in [0.2, 0.25) is 10.0 Å². The second-order valence-electron chi connectivity index (χ2n) is 6.36. The summed E-state index contributed by atoms with van der Waals surface area (Å²) in [4.78, 5) is 45.0. The van der Waals surface area contributed by atoms with E-state index in [2.05, 4.69) is 9.97 Å². The van der Waals surface area contributed by atoms with Gasteiger partial charge >= 0.3 is 5.69 Å². The Morgan fingerprint density at radius 3 is 2.64 bits per heavy atom. The van der Waals surface area contributed by atoms with Crippen LogP contribution in [0.4, 0.5) is 0 Å². The number of aromatic nitrogens is 3. The molecule has 3 rings (SSSR count). The molecule has 0 aliphatic rings. The summed E-state index contributed by atoms with van der Waals surface area (Å²) in [6, 6.07) is 6.20. The predicted octanol–water partition coefficient (Wildman–Crippen LogP) is 3.24. The molecule has 0 radical (unpaired) electrons. The van der Waals surface area contributed by atoms with Crippen molar-refractivity contribution < 1.29 is 4.79 Å². The van der Waals surface area contributed by atoms with E-state index in [-0.39, 0.29) is 28.5 Å². The first-order valence-electron chi connectivity index (χ1n) is 8.59. The number of aromatic amines is 1. The first kappa shape index (κ1) is 20.1. The smallest absolute Gasteiger partial charge is 0.329 e. The van der Waals surface area contributed by atoms with E-state index in [0.717, 1.165) is 5.56 Å². The number of halogens is 2. The van der Waals surface area contributed by atoms with Gasteiger partial charge in [0, 0.05) is 29.8 Å². The normalized spacial score (nSPS) is 12.2. The number of benzene rings is 1. The van der Waals surface area contributed by atoms with Crippen molar-refractivity contribution >= 4 is 40.1 Å². The van der Waals surface area contributed by atoms with E-state index in [0.29, 0.717) is 16.6 Å². The highest BCUT2D eigenvalue weighted by Gasteiger charge is 2.22. The summed E-state index contributed by atoms with van der Waals surface area (Å²) in [5, 5.41) is 1.15. The maximum Gasteiger partial charge on any atom is 0.329 e. The lowest BCUT2D eigenvalue weighted by Crippen LogP contribution is -2.32. The van der Waals surface area contributed by atoms with Crippen molar-refractivity contribution in [2.45, 2.75) is 26.4 Å². The zero-order chi connectivity index (χ0) is 20.6. The van der Waals surface area contributed by atoms with Crippen LogP contribution in [0.3, 0.4) is 0 Å². The molecule has 0 aliphatic heterocycles. The first-order chi connectivity index (χ1) is 13.2. The highest BCUT2D eigenvalue weighted by Crippen LogP contribution is 2.29. The molecule has 0 aliphatic carbocycles. The van der Waals surface area contributed by atoms with Gasteiger partial charge in [-0.1, -0.05) is 29.3 Å². The summed E-state index contributed by atoms with van der Waals surface area (Å²) >= 11 is 12.2. The van der Waals surface area contributed by atoms with Gasteiger partial charge in [0.1, 0.15) is 5.65 Å². The lowest BCUT2D eigenvalue weighted by atomic mass is 10.1. The van der Waals surface area contributed by atoms with Gasteiger partial charge in [-0.25, -0.2) is 9.78 Å². The molecule has 7 nitrogen and oxygen atoms in total. The summed E-state index contributed by atoms with van der Waals surface area (Å²) in [5.74, 6) is -0.332. The van der Waals surface area contributed by atoms with Gasteiger partial charge in [-0.05, 0) is 37.6 Å². The molecule has 3 aromatic rings. The minimum atomic E-state index is -0.580. The quantitative estimate of drug-likeness (QED) is 0.701. The summed E-state index contributed by atoms with van der Waals surface area (Å²) in [7, 11) is 1.64. The molecular formula is C19H18Cl2N4O3. The maximum absolute atomic E-state index is 13.0. The van der Waals surface area contributed by atoms with E-state index in [9.17, 15) is 14.4 Å². The Labute approximate surface area is 170 Å². The fourth-order valence-corrected chi connectivity index (χ4v) is 3.57. The summed E-state index contributed by atoms with van der Waals surface area (Å²) in [5.41, 5.74) is 0.106. The third-order valence-corrected chi connectivity index (χ3v) is 5.27. The molecule has 2 aromatic heterocycles. The van der Waals surface area contributed by atoms with Crippen molar-refractivity contribution in [3.63, 3.8) is 0 Å². The third-order valence-electron chi connectivity index (χ3n) is 4.71. The molecule has 1 aromatic carbocycles. The number of hydrogen-bond donors (Lipinski definition) is 1. The lowest BCUT2D eigenvalue weighted by molar-refractivity contribution is 0.0742. The minimum Gasteiger partial charge on any atom is -0.335 e. The van der Waals surface area contributed by atoms with Crippen molar-refractivity contribution in [1.82, 2.24) is 19.4 Å². The van der Waals surface area contributed by atoms with Gasteiger partial charge < -0.3 is 4.90 Å². The summed E-state index contributed by atoms with van der Waals surface area (Å²) in [6.45, 7) is 3.95. The lowest BCUT2D eigenvalue weighted by Gasteiger charge is -2.26. The van der Waals surface area contributed by atoms with Crippen molar-refractivity contribution in [2.75, 3.05) is 7.05 Å². The average molecular weight is 421 g/mol. The predicted molar refractivity (Wildman–Crippen MR) is 109 cm³/mol. The van der Waals surface area contributed by atoms with Crippen molar-refractivity contribution in [3.05, 3.63) is 72.5 Å². The molecule has 0 bridgehead atoms. The highest BCUT2D eigenvalue weighted by molar-refractivity contribution is 6.35. The highest BCUT2D eigenvalue weighted by atomic mass is 35.5. The van der Waals surface area contributed by atoms with Gasteiger partial charge in [0.25, 0.3) is 11.5 Å². The molecule has 28 heavy (non-hydrogen) atoms. The van der Waals surface area contributed by atoms with E-state index < -0.39 is 11.2 Å². The number of fused-ring (bicyclic) bond motifs is 1. The Morgan fingerprint density at radius 1 is 1.29 bits per heavy atom. The van der Waals surface area contributed by atoms with Crippen LogP contribution in [0.1, 0.15) is 35.8 Å². The van der Waals surface area contributed by atoms with Crippen molar-refractivity contribution in [2.24, 2.45) is 0 Å². The maximum atomic E-state index is 13.0. The molecule has 0 saturated carbocycles. The van der Waals surface area contributed by atoms with Gasteiger partial charge in [-0.15, -0.1) is 0 Å². The number of nitrogens with zero attached hydrogens (tertiary/aromatic N) is 3. The number of pyridine rings is 1. The van der Waals surface area contributed by atoms with Crippen molar-refractivity contribution in [1.29, 1.82) is 0 Å². The van der Waals surface area contributed by atoms with E-state index >= 15 is 0 Å². The van der Waals surface area contributed by atoms with Crippen LogP contribution in [0.15, 0.2) is 40.1 Å². The fourth-order valence-electron chi connectivity index (χ4n) is 3.01. The molecule has 0 saturated heterocycles. The van der Waals surface area contributed by atoms with Gasteiger partial charge in [-0.2, -0.15) is 0 Å². The molecule has 1 amide bonds. The number of carbonyl (C=O) groups excluding carboxylic acids is 1. The Balaban J connectivity index is 2.01. The molecule has 9 heteroatoms. The Morgan fingerprint density at radius 2 is 2.00 bits per heavy atom. The van der Waals surface area contributed by atoms with Crippen LogP contribution in [0, 0.1) is 0 Å². The SMILES string of the molecule is CCn1c(=O)[nH]c(=O)c2cc(C(=O)N(C)C(C)c3ccc(Cl)cc3Cl)cnc21. The molecule has 2 heterocycles. The number of aryl methyl sites for hydroxylation is 1. The second-order valence-corrected chi connectivity index (χ2v) is 7.20. The van der Waals surface area contributed by atoms with Gasteiger partial charge in [0.2, 0.25) is 0 Å². The number of hydrogen-bond acceptors (Lipinski definition) is 4. The van der Waals surface area contributed by atoms with E-state index in [4.69, 9.17) is 23.2 Å². The molecule has 1 N–H and O–H groups in total. The molecule has 0 spiro atoms. The van der Waals surface area contributed by atoms with Crippen LogP contribution >= 0.6 is 23.2 Å². The standard InChI is InChI=1S/C19H18Cl2N4O3/c1-4-25-16-14(17(26)23-19(25)28)7-11(9-22-16)18(27)24(3)10(2)13-6-5-12(20)8-15(13)21/h5-10H,4H2,1-3H3,(H,23,26,28). The van der Waals surface area contributed by atoms with Crippen LogP contribution in [-0.2, 0) is 6.54 Å². The fraction of sp³-hybridized carbons (Fsp3) is 0.263. The van der Waals surface area contributed by atoms with Crippen molar-refractivity contribution in [3.8, 4) is 0 Å². The third kappa shape index (κ3) is 3.55. The molecule has 146 valence electrons. The zero-order valence-electron chi connectivity index (χ0n) is 15.5. The topological polar surface area (TPSA) is 88.1 Å². The molecular weight excluding hydrogens is 403 g/mol. The van der Waals surface area contributed by atoms with E-state index in [1.54, 1.807) is 32.2 Å². The van der Waals surface area contributed by atoms with Crippen LogP contribution < -0.4 is 11.2 Å². The number of carbonyl (C=O) groups is 1.